The van der Waals surface area contributed by atoms with Crippen LogP contribution in [0, 0.1) is 22.5 Å². The number of nitrogens with zero attached hydrogens (tertiary/aromatic N) is 2. The van der Waals surface area contributed by atoms with Crippen LogP contribution in [-0.4, -0.2) is 61.8 Å². The smallest absolute Gasteiger partial charge is 0.326 e. The number of anilines is 2. The lowest BCUT2D eigenvalue weighted by Gasteiger charge is -2.24. The van der Waals surface area contributed by atoms with Crippen LogP contribution < -0.4 is 21.3 Å². The molecule has 3 atom stereocenters. The van der Waals surface area contributed by atoms with Gasteiger partial charge in [-0.1, -0.05) is 56.7 Å². The molecule has 0 bridgehead atoms. The highest BCUT2D eigenvalue weighted by Crippen LogP contribution is 2.36. The van der Waals surface area contributed by atoms with Crippen molar-refractivity contribution in [2.24, 2.45) is 5.41 Å². The summed E-state index contributed by atoms with van der Waals surface area (Å²) in [6.45, 7) is 8.77. The Morgan fingerprint density at radius 1 is 0.939 bits per heavy atom. The van der Waals surface area contributed by atoms with Crippen LogP contribution in [0.5, 0.6) is 0 Å². The molecule has 2 aromatic rings. The summed E-state index contributed by atoms with van der Waals surface area (Å²) in [5.74, 6) is -4.10. The van der Waals surface area contributed by atoms with E-state index in [9.17, 15) is 44.3 Å². The van der Waals surface area contributed by atoms with Crippen LogP contribution >= 0.6 is 0 Å². The molecule has 0 aliphatic carbocycles. The van der Waals surface area contributed by atoms with Crippen molar-refractivity contribution in [1.82, 2.24) is 15.5 Å². The molecule has 3 rings (SSSR count). The van der Waals surface area contributed by atoms with Crippen LogP contribution in [0.15, 0.2) is 66.6 Å². The number of rotatable bonds is 15. The Morgan fingerprint density at radius 3 is 2.02 bits per heavy atom. The molecular formula is C34H42N6O9. The van der Waals surface area contributed by atoms with Gasteiger partial charge in [-0.3, -0.25) is 24.5 Å². The number of hydrogen-bond donors (Lipinski definition) is 6. The van der Waals surface area contributed by atoms with Gasteiger partial charge in [0.2, 0.25) is 17.7 Å². The van der Waals surface area contributed by atoms with Crippen molar-refractivity contribution in [1.29, 1.82) is 0 Å². The maximum atomic E-state index is 13.5. The molecule has 0 fully saturated rings. The third-order valence-corrected chi connectivity index (χ3v) is 7.44. The molecule has 1 aliphatic heterocycles. The number of carbonyl (C=O) groups excluding carboxylic acids is 3. The average molecular weight is 679 g/mol. The summed E-state index contributed by atoms with van der Waals surface area (Å²) in [4.78, 5) is 73.9. The number of benzene rings is 2. The Balaban J connectivity index is 1.73. The number of aliphatic carboxylic acids is 2. The Hall–Kier alpha value is -5.73. The summed E-state index contributed by atoms with van der Waals surface area (Å²) in [6.07, 6.45) is 3.44. The summed E-state index contributed by atoms with van der Waals surface area (Å²) in [5.41, 5.74) is 2.76. The molecular weight excluding hydrogens is 636 g/mol. The topological polar surface area (TPSA) is 220 Å². The summed E-state index contributed by atoms with van der Waals surface area (Å²) in [6, 6.07) is 8.31. The number of hydrogen-bond acceptors (Lipinski definition) is 9. The molecule has 0 radical (unpaired) electrons. The summed E-state index contributed by atoms with van der Waals surface area (Å²) < 4.78 is 0. The second-order valence-electron chi connectivity index (χ2n) is 12.9. The number of amides is 3. The van der Waals surface area contributed by atoms with E-state index in [-0.39, 0.29) is 37.0 Å². The molecule has 15 heteroatoms. The zero-order chi connectivity index (χ0) is 36.5. The summed E-state index contributed by atoms with van der Waals surface area (Å²) in [5, 5.41) is 41.5. The van der Waals surface area contributed by atoms with Gasteiger partial charge < -0.3 is 36.4 Å². The van der Waals surface area contributed by atoms with Gasteiger partial charge in [0.1, 0.15) is 18.1 Å². The minimum Gasteiger partial charge on any atom is -0.480 e. The fourth-order valence-corrected chi connectivity index (χ4v) is 5.14. The molecule has 1 heterocycles. The molecule has 0 saturated carbocycles. The maximum absolute atomic E-state index is 13.5. The fourth-order valence-electron chi connectivity index (χ4n) is 5.14. The highest BCUT2D eigenvalue weighted by atomic mass is 16.6. The number of carbonyl (C=O) groups is 5. The lowest BCUT2D eigenvalue weighted by atomic mass is 9.92. The van der Waals surface area contributed by atoms with E-state index in [2.05, 4.69) is 21.3 Å². The van der Waals surface area contributed by atoms with Crippen molar-refractivity contribution in [2.75, 3.05) is 10.6 Å². The number of fused-ring (bicyclic) bond motifs is 1. The second kappa shape index (κ2) is 16.4. The van der Waals surface area contributed by atoms with Gasteiger partial charge in [-0.2, -0.15) is 0 Å². The van der Waals surface area contributed by atoms with Gasteiger partial charge in [-0.25, -0.2) is 9.59 Å². The van der Waals surface area contributed by atoms with Crippen molar-refractivity contribution >= 4 is 41.0 Å². The number of nitro groups is 1. The lowest BCUT2D eigenvalue weighted by Crippen LogP contribution is -2.46. The Kier molecular flexibility index (Phi) is 12.6. The van der Waals surface area contributed by atoms with Crippen molar-refractivity contribution in [3.05, 3.63) is 93.4 Å². The van der Waals surface area contributed by atoms with Crippen molar-refractivity contribution in [3.63, 3.8) is 0 Å². The van der Waals surface area contributed by atoms with E-state index in [0.29, 0.717) is 22.5 Å². The van der Waals surface area contributed by atoms with Gasteiger partial charge in [0.15, 0.2) is 5.82 Å². The lowest BCUT2D eigenvalue weighted by molar-refractivity contribution is -0.403. The predicted molar refractivity (Wildman–Crippen MR) is 180 cm³/mol. The Labute approximate surface area is 283 Å². The highest BCUT2D eigenvalue weighted by molar-refractivity contribution is 5.92. The second-order valence-corrected chi connectivity index (χ2v) is 12.9. The van der Waals surface area contributed by atoms with Crippen LogP contribution in [0.25, 0.3) is 0 Å². The quantitative estimate of drug-likeness (QED) is 0.0901. The molecule has 1 aliphatic rings. The molecule has 2 aromatic carbocycles. The number of aryl methyl sites for hydroxylation is 1. The normalized spacial score (nSPS) is 15.6. The first-order valence-corrected chi connectivity index (χ1v) is 15.5. The van der Waals surface area contributed by atoms with Crippen LogP contribution in [-0.2, 0) is 30.5 Å². The van der Waals surface area contributed by atoms with Crippen LogP contribution in [0.4, 0.5) is 11.4 Å². The van der Waals surface area contributed by atoms with Gasteiger partial charge in [0.25, 0.3) is 6.20 Å². The highest BCUT2D eigenvalue weighted by Gasteiger charge is 2.38. The SMILES string of the molecule is CC(=O)N1Cc2cc(NC(=C[N+](=O)[O-])Nc3ccc(C)cc3)ccc2C1C(=O)NC(CC=CCC(NC(=O)CC(C)(C)C)C(=O)O)C(=O)O. The summed E-state index contributed by atoms with van der Waals surface area (Å²) >= 11 is 0. The Morgan fingerprint density at radius 2 is 1.49 bits per heavy atom. The van der Waals surface area contributed by atoms with Crippen LogP contribution in [0.1, 0.15) is 69.7 Å². The first-order chi connectivity index (χ1) is 22.9. The first kappa shape index (κ1) is 37.7. The van der Waals surface area contributed by atoms with E-state index in [0.717, 1.165) is 11.8 Å². The van der Waals surface area contributed by atoms with E-state index < -0.39 is 52.7 Å². The minimum absolute atomic E-state index is 0.0348. The largest absolute Gasteiger partial charge is 0.480 e. The van der Waals surface area contributed by atoms with E-state index in [4.69, 9.17) is 0 Å². The molecule has 0 saturated heterocycles. The zero-order valence-corrected chi connectivity index (χ0v) is 28.0. The van der Waals surface area contributed by atoms with E-state index in [1.165, 1.54) is 24.0 Å². The number of carboxylic acids is 2. The monoisotopic (exact) mass is 678 g/mol. The Bertz CT molecular complexity index is 1650. The van der Waals surface area contributed by atoms with Crippen molar-refractivity contribution < 1.29 is 39.1 Å². The van der Waals surface area contributed by atoms with Gasteiger partial charge in [0.05, 0.1) is 4.92 Å². The molecule has 0 aromatic heterocycles. The molecule has 3 amide bonds. The third-order valence-electron chi connectivity index (χ3n) is 7.44. The van der Waals surface area contributed by atoms with Gasteiger partial charge in [-0.05, 0) is 60.6 Å². The predicted octanol–water partition coefficient (Wildman–Crippen LogP) is 3.91. The van der Waals surface area contributed by atoms with E-state index in [1.807, 2.05) is 39.8 Å². The van der Waals surface area contributed by atoms with Crippen LogP contribution in [0.3, 0.4) is 0 Å². The van der Waals surface area contributed by atoms with Crippen molar-refractivity contribution in [2.45, 2.75) is 78.6 Å². The standard InChI is InChI=1S/C34H42N6O9/c1-20-10-12-23(13-11-20)35-28(19-40(48)49)36-24-14-15-25-22(16-24)18-39(21(2)41)30(25)31(43)38-27(33(46)47)9-7-6-8-26(32(44)45)37-29(42)17-34(3,4)5/h6-7,10-16,19,26-27,30,35-36H,8-9,17-18H2,1-5H3,(H,37,42)(H,38,43)(H,44,45)(H,46,47). The molecule has 6 N–H and O–H groups in total. The molecule has 0 spiro atoms. The molecule has 15 nitrogen and oxygen atoms in total. The van der Waals surface area contributed by atoms with Gasteiger partial charge >= 0.3 is 11.9 Å². The average Bonchev–Trinajstić information content (AvgIpc) is 3.37. The van der Waals surface area contributed by atoms with Crippen LogP contribution in [0.2, 0.25) is 0 Å². The summed E-state index contributed by atoms with van der Waals surface area (Å²) in [7, 11) is 0. The van der Waals surface area contributed by atoms with Gasteiger partial charge in [0, 0.05) is 31.3 Å². The van der Waals surface area contributed by atoms with E-state index in [1.54, 1.807) is 30.3 Å². The fraction of sp³-hybridized carbons (Fsp3) is 0.382. The number of carboxylic acid groups (broad SMARTS) is 2. The van der Waals surface area contributed by atoms with E-state index >= 15 is 0 Å². The molecule has 3 unspecified atom stereocenters. The van der Waals surface area contributed by atoms with Crippen molar-refractivity contribution in [3.8, 4) is 0 Å². The first-order valence-electron chi connectivity index (χ1n) is 15.5. The molecule has 262 valence electrons. The molecule has 49 heavy (non-hydrogen) atoms. The third kappa shape index (κ3) is 11.5. The number of nitrogens with one attached hydrogen (secondary N) is 4. The maximum Gasteiger partial charge on any atom is 0.326 e. The minimum atomic E-state index is -1.40. The van der Waals surface area contributed by atoms with Gasteiger partial charge in [-0.15, -0.1) is 0 Å². The zero-order valence-electron chi connectivity index (χ0n) is 28.0.